The van der Waals surface area contributed by atoms with Crippen molar-refractivity contribution in [3.63, 3.8) is 0 Å². The fourth-order valence-corrected chi connectivity index (χ4v) is 2.45. The molecule has 0 spiro atoms. The van der Waals surface area contributed by atoms with Gasteiger partial charge in [0.25, 0.3) is 0 Å². The highest BCUT2D eigenvalue weighted by molar-refractivity contribution is 6.49. The van der Waals surface area contributed by atoms with Crippen LogP contribution in [0, 0.1) is 0 Å². The van der Waals surface area contributed by atoms with Gasteiger partial charge in [-0.05, 0) is 24.7 Å². The van der Waals surface area contributed by atoms with Crippen molar-refractivity contribution in [1.82, 2.24) is 0 Å². The first-order valence-corrected chi connectivity index (χ1v) is 9.02. The lowest BCUT2D eigenvalue weighted by Gasteiger charge is -2.14. The summed E-state index contributed by atoms with van der Waals surface area (Å²) >= 11 is 0. The van der Waals surface area contributed by atoms with E-state index >= 15 is 0 Å². The van der Waals surface area contributed by atoms with Crippen molar-refractivity contribution in [2.24, 2.45) is 0 Å². The number of hydrogen-bond donors (Lipinski definition) is 0. The van der Waals surface area contributed by atoms with E-state index in [9.17, 15) is 0 Å². The highest BCUT2D eigenvalue weighted by atomic mass is 28.3. The van der Waals surface area contributed by atoms with E-state index in [0.717, 1.165) is 11.3 Å². The number of hydrogen-bond acceptors (Lipinski definition) is 1. The van der Waals surface area contributed by atoms with Crippen LogP contribution in [0.5, 0.6) is 0 Å². The van der Waals surface area contributed by atoms with Crippen LogP contribution in [0.2, 0.25) is 13.1 Å². The van der Waals surface area contributed by atoms with Crippen LogP contribution in [0.25, 0.3) is 11.8 Å². The molecule has 0 bridgehead atoms. The van der Waals surface area contributed by atoms with Gasteiger partial charge in [0.1, 0.15) is 5.76 Å². The second-order valence-corrected chi connectivity index (χ2v) is 6.79. The van der Waals surface area contributed by atoms with Crippen LogP contribution < -0.4 is 0 Å². The minimum atomic E-state index is -1.11. The molecule has 2 rings (SSSR count). The minimum Gasteiger partial charge on any atom is -0.547 e. The first-order valence-electron chi connectivity index (χ1n) is 6.24. The predicted molar refractivity (Wildman–Crippen MR) is 80.7 cm³/mol. The number of rotatable bonds is 4. The molecular formula is C16H18OSi. The molecule has 0 unspecified atom stereocenters. The highest BCUT2D eigenvalue weighted by Gasteiger charge is 2.05. The molecule has 0 saturated carbocycles. The lowest BCUT2D eigenvalue weighted by atomic mass is 10.1. The molecule has 1 nitrogen and oxygen atoms in total. The van der Waals surface area contributed by atoms with E-state index < -0.39 is 9.04 Å². The summed E-state index contributed by atoms with van der Waals surface area (Å²) in [5.74, 6) is 0.975. The van der Waals surface area contributed by atoms with Gasteiger partial charge in [0.2, 0.25) is 9.04 Å². The molecular weight excluding hydrogens is 236 g/mol. The standard InChI is InChI=1S/C16H18OSi/c1-18(2)17-16(15-11-7-4-8-12-15)13-14-9-5-3-6-10-14/h3-13,18H,1-2H3. The van der Waals surface area contributed by atoms with Gasteiger partial charge < -0.3 is 4.43 Å². The average molecular weight is 254 g/mol. The molecule has 2 heteroatoms. The molecule has 0 radical (unpaired) electrons. The zero-order valence-corrected chi connectivity index (χ0v) is 12.0. The smallest absolute Gasteiger partial charge is 0.229 e. The van der Waals surface area contributed by atoms with Crippen LogP contribution in [0.3, 0.4) is 0 Å². The summed E-state index contributed by atoms with van der Waals surface area (Å²) in [6, 6.07) is 20.6. The van der Waals surface area contributed by atoms with E-state index in [1.807, 2.05) is 36.4 Å². The van der Waals surface area contributed by atoms with Gasteiger partial charge in [-0.2, -0.15) is 0 Å². The summed E-state index contributed by atoms with van der Waals surface area (Å²) in [5, 5.41) is 0. The lowest BCUT2D eigenvalue weighted by Crippen LogP contribution is -2.06. The normalized spacial score (nSPS) is 11.6. The van der Waals surface area contributed by atoms with Gasteiger partial charge in [-0.1, -0.05) is 60.7 Å². The Hall–Kier alpha value is -1.80. The first-order chi connectivity index (χ1) is 8.75. The van der Waals surface area contributed by atoms with Crippen molar-refractivity contribution in [2.45, 2.75) is 13.1 Å². The van der Waals surface area contributed by atoms with Crippen molar-refractivity contribution < 1.29 is 4.43 Å². The molecule has 2 aromatic rings. The highest BCUT2D eigenvalue weighted by Crippen LogP contribution is 2.20. The molecule has 0 heterocycles. The van der Waals surface area contributed by atoms with Crippen molar-refractivity contribution in [1.29, 1.82) is 0 Å². The van der Waals surface area contributed by atoms with E-state index in [1.165, 1.54) is 5.56 Å². The quantitative estimate of drug-likeness (QED) is 0.452. The van der Waals surface area contributed by atoms with E-state index in [1.54, 1.807) is 0 Å². The third-order valence-corrected chi connectivity index (χ3v) is 3.24. The summed E-state index contributed by atoms with van der Waals surface area (Å²) in [5.41, 5.74) is 2.31. The average Bonchev–Trinajstić information content (AvgIpc) is 2.40. The number of benzene rings is 2. The van der Waals surface area contributed by atoms with E-state index in [4.69, 9.17) is 4.43 Å². The summed E-state index contributed by atoms with van der Waals surface area (Å²) in [7, 11) is -1.11. The summed E-state index contributed by atoms with van der Waals surface area (Å²) < 4.78 is 6.04. The van der Waals surface area contributed by atoms with Crippen LogP contribution in [0.1, 0.15) is 11.1 Å². The molecule has 92 valence electrons. The van der Waals surface area contributed by atoms with Crippen LogP contribution in [0.4, 0.5) is 0 Å². The summed E-state index contributed by atoms with van der Waals surface area (Å²) in [4.78, 5) is 0. The molecule has 0 atom stereocenters. The molecule has 0 fully saturated rings. The molecule has 0 aromatic heterocycles. The fourth-order valence-electron chi connectivity index (χ4n) is 1.74. The molecule has 18 heavy (non-hydrogen) atoms. The second kappa shape index (κ2) is 6.22. The zero-order valence-electron chi connectivity index (χ0n) is 10.8. The maximum absolute atomic E-state index is 6.04. The Morgan fingerprint density at radius 2 is 1.44 bits per heavy atom. The molecule has 0 saturated heterocycles. The van der Waals surface area contributed by atoms with Crippen LogP contribution in [0.15, 0.2) is 60.7 Å². The minimum absolute atomic E-state index is 0.975. The third-order valence-electron chi connectivity index (χ3n) is 2.52. The Kier molecular flexibility index (Phi) is 4.37. The van der Waals surface area contributed by atoms with Crippen molar-refractivity contribution in [2.75, 3.05) is 0 Å². The van der Waals surface area contributed by atoms with Gasteiger partial charge in [0.15, 0.2) is 0 Å². The van der Waals surface area contributed by atoms with Crippen molar-refractivity contribution in [3.05, 3.63) is 71.8 Å². The van der Waals surface area contributed by atoms with E-state index in [2.05, 4.69) is 43.4 Å². The topological polar surface area (TPSA) is 9.23 Å². The van der Waals surface area contributed by atoms with Gasteiger partial charge >= 0.3 is 0 Å². The molecule has 0 amide bonds. The molecule has 0 aliphatic heterocycles. The van der Waals surface area contributed by atoms with Crippen LogP contribution in [-0.2, 0) is 4.43 Å². The lowest BCUT2D eigenvalue weighted by molar-refractivity contribution is 0.540. The largest absolute Gasteiger partial charge is 0.547 e. The Balaban J connectivity index is 2.34. The fraction of sp³-hybridized carbons (Fsp3) is 0.125. The predicted octanol–water partition coefficient (Wildman–Crippen LogP) is 4.18. The molecule has 0 aliphatic carbocycles. The van der Waals surface area contributed by atoms with Gasteiger partial charge in [0, 0.05) is 5.56 Å². The Bertz CT molecular complexity index is 503. The van der Waals surface area contributed by atoms with Gasteiger partial charge in [-0.25, -0.2) is 0 Å². The SMILES string of the molecule is C[SiH](C)OC(=Cc1ccccc1)c1ccccc1. The third kappa shape index (κ3) is 3.60. The monoisotopic (exact) mass is 254 g/mol. The Morgan fingerprint density at radius 3 is 2.00 bits per heavy atom. The second-order valence-electron chi connectivity index (χ2n) is 4.45. The van der Waals surface area contributed by atoms with E-state index in [-0.39, 0.29) is 0 Å². The van der Waals surface area contributed by atoms with Crippen LogP contribution >= 0.6 is 0 Å². The van der Waals surface area contributed by atoms with Gasteiger partial charge in [-0.3, -0.25) is 0 Å². The van der Waals surface area contributed by atoms with Crippen molar-refractivity contribution in [3.8, 4) is 0 Å². The summed E-state index contributed by atoms with van der Waals surface area (Å²) in [6.45, 7) is 4.36. The Labute approximate surface area is 110 Å². The zero-order chi connectivity index (χ0) is 12.8. The molecule has 2 aromatic carbocycles. The van der Waals surface area contributed by atoms with Gasteiger partial charge in [-0.15, -0.1) is 0 Å². The van der Waals surface area contributed by atoms with Crippen molar-refractivity contribution >= 4 is 20.9 Å². The van der Waals surface area contributed by atoms with Gasteiger partial charge in [0.05, 0.1) is 0 Å². The first kappa shape index (κ1) is 12.6. The Morgan fingerprint density at radius 1 is 0.889 bits per heavy atom. The maximum Gasteiger partial charge on any atom is 0.229 e. The van der Waals surface area contributed by atoms with E-state index in [0.29, 0.717) is 0 Å². The molecule has 0 aliphatic rings. The van der Waals surface area contributed by atoms with Crippen LogP contribution in [-0.4, -0.2) is 9.04 Å². The molecule has 0 N–H and O–H groups in total. The summed E-state index contributed by atoms with van der Waals surface area (Å²) in [6.07, 6.45) is 2.11. The maximum atomic E-state index is 6.04.